The Labute approximate surface area is 203 Å². The predicted molar refractivity (Wildman–Crippen MR) is 126 cm³/mol. The highest BCUT2D eigenvalue weighted by molar-refractivity contribution is 7.99. The molecule has 2 aliphatic heterocycles. The summed E-state index contributed by atoms with van der Waals surface area (Å²) in [6, 6.07) is 5.37. The normalized spacial score (nSPS) is 23.4. The molecule has 1 aromatic rings. The molecule has 0 bridgehead atoms. The van der Waals surface area contributed by atoms with Crippen LogP contribution < -0.4 is 14.8 Å². The third-order valence-electron chi connectivity index (χ3n) is 6.36. The maximum Gasteiger partial charge on any atom is 0.336 e. The van der Waals surface area contributed by atoms with Gasteiger partial charge in [-0.1, -0.05) is 19.9 Å². The number of ketones is 1. The van der Waals surface area contributed by atoms with Crippen LogP contribution in [0.5, 0.6) is 11.5 Å². The highest BCUT2D eigenvalue weighted by Gasteiger charge is 2.47. The van der Waals surface area contributed by atoms with E-state index < -0.39 is 23.8 Å². The van der Waals surface area contributed by atoms with Gasteiger partial charge in [-0.05, 0) is 42.7 Å². The highest BCUT2D eigenvalue weighted by atomic mass is 32.2. The van der Waals surface area contributed by atoms with Gasteiger partial charge in [-0.25, -0.2) is 4.79 Å². The molecule has 0 amide bonds. The van der Waals surface area contributed by atoms with Crippen LogP contribution in [0.15, 0.2) is 40.7 Å². The van der Waals surface area contributed by atoms with Crippen LogP contribution in [-0.4, -0.2) is 49.7 Å². The van der Waals surface area contributed by atoms with Gasteiger partial charge in [0.25, 0.3) is 0 Å². The van der Waals surface area contributed by atoms with Gasteiger partial charge in [0, 0.05) is 28.6 Å². The average molecular weight is 488 g/mol. The summed E-state index contributed by atoms with van der Waals surface area (Å²) >= 11 is 1.68. The van der Waals surface area contributed by atoms with Crippen molar-refractivity contribution >= 4 is 29.5 Å². The lowest BCUT2D eigenvalue weighted by Gasteiger charge is -2.38. The molecule has 0 spiro atoms. The van der Waals surface area contributed by atoms with E-state index in [-0.39, 0.29) is 25.1 Å². The first-order chi connectivity index (χ1) is 16.4. The number of nitrogens with one attached hydrogen (secondary N) is 1. The van der Waals surface area contributed by atoms with E-state index in [2.05, 4.69) is 5.32 Å². The minimum absolute atomic E-state index is 0.110. The first-order valence-electron chi connectivity index (χ1n) is 11.3. The molecule has 0 unspecified atom stereocenters. The fraction of sp³-hybridized carbons (Fsp3) is 0.480. The third-order valence-corrected chi connectivity index (χ3v) is 7.22. The molecule has 3 aliphatic rings. The minimum Gasteiger partial charge on any atom is -0.468 e. The van der Waals surface area contributed by atoms with Crippen LogP contribution in [0, 0.1) is 11.8 Å². The number of rotatable bonds is 7. The van der Waals surface area contributed by atoms with Crippen LogP contribution >= 0.6 is 11.8 Å². The van der Waals surface area contributed by atoms with E-state index >= 15 is 0 Å². The molecule has 1 aliphatic carbocycles. The van der Waals surface area contributed by atoms with Crippen molar-refractivity contribution in [3.63, 3.8) is 0 Å². The SMILES string of the molecule is CCSCCOC(=O)C1=C(C)NC2=C(C(=O)[C@@H](C(=O)OC)[C@H](C)C2)[C@H]1c1ccc2c(c1)OCO2. The number of methoxy groups -OCH3 is 1. The highest BCUT2D eigenvalue weighted by Crippen LogP contribution is 2.47. The van der Waals surface area contributed by atoms with Crippen LogP contribution in [0.2, 0.25) is 0 Å². The number of allylic oxidation sites excluding steroid dienone is 3. The molecule has 0 fully saturated rings. The summed E-state index contributed by atoms with van der Waals surface area (Å²) in [4.78, 5) is 39.5. The van der Waals surface area contributed by atoms with Gasteiger partial charge in [0.15, 0.2) is 17.3 Å². The van der Waals surface area contributed by atoms with Gasteiger partial charge in [0.05, 0.1) is 12.7 Å². The third kappa shape index (κ3) is 4.41. The largest absolute Gasteiger partial charge is 0.468 e. The number of hydrogen-bond donors (Lipinski definition) is 1. The molecule has 34 heavy (non-hydrogen) atoms. The Kier molecular flexibility index (Phi) is 7.21. The molecule has 1 N–H and O–H groups in total. The van der Waals surface area contributed by atoms with Crippen LogP contribution in [0.3, 0.4) is 0 Å². The quantitative estimate of drug-likeness (QED) is 0.353. The number of fused-ring (bicyclic) bond motifs is 1. The van der Waals surface area contributed by atoms with Crippen molar-refractivity contribution in [2.45, 2.75) is 33.1 Å². The van der Waals surface area contributed by atoms with Crippen molar-refractivity contribution in [3.8, 4) is 11.5 Å². The van der Waals surface area contributed by atoms with Gasteiger partial charge in [-0.15, -0.1) is 0 Å². The van der Waals surface area contributed by atoms with Crippen LogP contribution in [0.1, 0.15) is 38.7 Å². The number of dihydropyridines is 1. The van der Waals surface area contributed by atoms with Crippen LogP contribution in [-0.2, 0) is 23.9 Å². The number of esters is 2. The van der Waals surface area contributed by atoms with E-state index in [4.69, 9.17) is 18.9 Å². The number of Topliss-reactive ketones (excluding diaryl/α,β-unsaturated/α-hetero) is 1. The minimum atomic E-state index is -0.932. The van der Waals surface area contributed by atoms with Gasteiger partial charge in [-0.3, -0.25) is 9.59 Å². The second-order valence-electron chi connectivity index (χ2n) is 8.48. The Hall–Kier alpha value is -2.94. The lowest BCUT2D eigenvalue weighted by atomic mass is 9.69. The number of thioether (sulfide) groups is 1. The molecule has 182 valence electrons. The Balaban J connectivity index is 1.78. The first-order valence-corrected chi connectivity index (χ1v) is 12.5. The molecule has 1 aromatic carbocycles. The molecular weight excluding hydrogens is 458 g/mol. The number of ether oxygens (including phenoxy) is 4. The maximum absolute atomic E-state index is 13.7. The number of carbonyl (C=O) groups excluding carboxylic acids is 3. The van der Waals surface area contributed by atoms with Crippen molar-refractivity contribution < 1.29 is 33.3 Å². The molecule has 0 aromatic heterocycles. The monoisotopic (exact) mass is 487 g/mol. The van der Waals surface area contributed by atoms with Crippen LogP contribution in [0.25, 0.3) is 0 Å². The zero-order chi connectivity index (χ0) is 24.4. The van der Waals surface area contributed by atoms with Gasteiger partial charge < -0.3 is 24.3 Å². The molecule has 4 rings (SSSR count). The fourth-order valence-electron chi connectivity index (χ4n) is 4.79. The van der Waals surface area contributed by atoms with E-state index in [1.54, 1.807) is 23.9 Å². The van der Waals surface area contributed by atoms with Gasteiger partial charge in [0.1, 0.15) is 12.5 Å². The molecule has 0 saturated carbocycles. The predicted octanol–water partition coefficient (Wildman–Crippen LogP) is 3.32. The first kappa shape index (κ1) is 24.2. The van der Waals surface area contributed by atoms with E-state index in [9.17, 15) is 14.4 Å². The smallest absolute Gasteiger partial charge is 0.336 e. The maximum atomic E-state index is 13.7. The van der Waals surface area contributed by atoms with Gasteiger partial charge >= 0.3 is 11.9 Å². The average Bonchev–Trinajstić information content (AvgIpc) is 3.28. The van der Waals surface area contributed by atoms with E-state index in [0.717, 1.165) is 11.4 Å². The summed E-state index contributed by atoms with van der Waals surface area (Å²) < 4.78 is 21.5. The number of carbonyl (C=O) groups is 3. The van der Waals surface area contributed by atoms with Crippen molar-refractivity contribution in [2.75, 3.05) is 32.0 Å². The Morgan fingerprint density at radius 2 is 2.00 bits per heavy atom. The molecule has 9 heteroatoms. The topological polar surface area (TPSA) is 100 Å². The Morgan fingerprint density at radius 1 is 1.24 bits per heavy atom. The number of hydrogen-bond acceptors (Lipinski definition) is 9. The van der Waals surface area contributed by atoms with Crippen molar-refractivity contribution in [1.29, 1.82) is 0 Å². The second kappa shape index (κ2) is 10.1. The second-order valence-corrected chi connectivity index (χ2v) is 9.87. The standard InChI is InChI=1S/C25H29NO7S/c1-5-34-9-8-31-25(29)20-14(3)26-16-10-13(2)19(24(28)30-4)23(27)22(16)21(20)15-6-7-17-18(11-15)33-12-32-17/h6-7,11,13,19,21,26H,5,8-10,12H2,1-4H3/t13-,19+,21+/m1/s1. The fourth-order valence-corrected chi connectivity index (χ4v) is 5.28. The molecule has 0 saturated heterocycles. The molecular formula is C25H29NO7S. The molecule has 2 heterocycles. The lowest BCUT2D eigenvalue weighted by Crippen LogP contribution is -2.43. The summed E-state index contributed by atoms with van der Waals surface area (Å²) in [5, 5.41) is 3.27. The van der Waals surface area contributed by atoms with Gasteiger partial charge in [0.2, 0.25) is 6.79 Å². The molecule has 3 atom stereocenters. The summed E-state index contributed by atoms with van der Waals surface area (Å²) in [5.41, 5.74) is 2.79. The van der Waals surface area contributed by atoms with E-state index in [0.29, 0.717) is 46.1 Å². The summed E-state index contributed by atoms with van der Waals surface area (Å²) in [6.45, 7) is 6.08. The number of benzene rings is 1. The lowest BCUT2D eigenvalue weighted by molar-refractivity contribution is -0.151. The van der Waals surface area contributed by atoms with Crippen molar-refractivity contribution in [1.82, 2.24) is 5.32 Å². The van der Waals surface area contributed by atoms with Crippen LogP contribution in [0.4, 0.5) is 0 Å². The zero-order valence-electron chi connectivity index (χ0n) is 19.8. The van der Waals surface area contributed by atoms with Crippen molar-refractivity contribution in [3.05, 3.63) is 46.3 Å². The summed E-state index contributed by atoms with van der Waals surface area (Å²) in [7, 11) is 1.28. The Morgan fingerprint density at radius 3 is 2.74 bits per heavy atom. The zero-order valence-corrected chi connectivity index (χ0v) is 20.6. The van der Waals surface area contributed by atoms with E-state index in [1.807, 2.05) is 26.8 Å². The van der Waals surface area contributed by atoms with Gasteiger partial charge in [-0.2, -0.15) is 11.8 Å². The molecule has 0 radical (unpaired) electrons. The summed E-state index contributed by atoms with van der Waals surface area (Å²) in [6.07, 6.45) is 0.481. The van der Waals surface area contributed by atoms with E-state index in [1.165, 1.54) is 7.11 Å². The summed E-state index contributed by atoms with van der Waals surface area (Å²) in [5.74, 6) is -0.510. The molecule has 8 nitrogen and oxygen atoms in total. The van der Waals surface area contributed by atoms with Crippen molar-refractivity contribution in [2.24, 2.45) is 11.8 Å². The Bertz CT molecular complexity index is 1080.